The van der Waals surface area contributed by atoms with Crippen LogP contribution in [0.15, 0.2) is 72.9 Å². The lowest BCUT2D eigenvalue weighted by molar-refractivity contribution is -0.162. The van der Waals surface area contributed by atoms with Gasteiger partial charge < -0.3 is 0 Å². The van der Waals surface area contributed by atoms with E-state index in [1.54, 1.807) is 13.1 Å². The van der Waals surface area contributed by atoms with Crippen LogP contribution in [0, 0.1) is 0 Å². The highest BCUT2D eigenvalue weighted by molar-refractivity contribution is 5.92. The van der Waals surface area contributed by atoms with E-state index in [0.717, 1.165) is 16.8 Å². The first-order valence-corrected chi connectivity index (χ1v) is 8.34. The number of hydrogen-bond donors (Lipinski definition) is 0. The quantitative estimate of drug-likeness (QED) is 0.505. The topological polar surface area (TPSA) is 47.4 Å². The summed E-state index contributed by atoms with van der Waals surface area (Å²) in [7, 11) is 3.03. The molecule has 0 unspecified atom stereocenters. The lowest BCUT2D eigenvalue weighted by atomic mass is 10.1. The Labute approximate surface area is 153 Å². The van der Waals surface area contributed by atoms with Gasteiger partial charge in [0.05, 0.1) is 19.3 Å². The van der Waals surface area contributed by atoms with E-state index in [1.807, 2.05) is 59.4 Å². The average molecular weight is 347 g/mol. The Morgan fingerprint density at radius 1 is 1.12 bits per heavy atom. The molecule has 5 nitrogen and oxygen atoms in total. The number of likely N-dealkylation sites (N-methyl/N-ethyl adjacent to an activating group) is 1. The van der Waals surface area contributed by atoms with Gasteiger partial charge in [0, 0.05) is 30.4 Å². The first-order chi connectivity index (χ1) is 12.7. The summed E-state index contributed by atoms with van der Waals surface area (Å²) in [5.41, 5.74) is 3.89. The van der Waals surface area contributed by atoms with Crippen molar-refractivity contribution in [2.24, 2.45) is 0 Å². The number of nitrogens with zero attached hydrogens (tertiary/aromatic N) is 3. The Balaban J connectivity index is 1.93. The molecule has 26 heavy (non-hydrogen) atoms. The van der Waals surface area contributed by atoms with Crippen LogP contribution in [0.4, 0.5) is 0 Å². The van der Waals surface area contributed by atoms with Gasteiger partial charge in [-0.3, -0.25) is 14.3 Å². The summed E-state index contributed by atoms with van der Waals surface area (Å²) in [6.45, 7) is 0.667. The third-order valence-corrected chi connectivity index (χ3v) is 4.01. The summed E-state index contributed by atoms with van der Waals surface area (Å²) >= 11 is 0. The molecule has 3 aromatic rings. The van der Waals surface area contributed by atoms with Gasteiger partial charge in [0.2, 0.25) is 0 Å². The number of rotatable bonds is 6. The van der Waals surface area contributed by atoms with E-state index in [9.17, 15) is 4.79 Å². The minimum absolute atomic E-state index is 0.234. The summed E-state index contributed by atoms with van der Waals surface area (Å²) in [4.78, 5) is 16.9. The smallest absolute Gasteiger partial charge is 0.269 e. The number of hydroxylamine groups is 2. The summed E-state index contributed by atoms with van der Waals surface area (Å²) < 4.78 is 1.89. The molecule has 132 valence electrons. The molecule has 1 aromatic heterocycles. The second-order valence-electron chi connectivity index (χ2n) is 5.83. The monoisotopic (exact) mass is 347 g/mol. The van der Waals surface area contributed by atoms with Crippen molar-refractivity contribution in [3.05, 3.63) is 84.1 Å². The van der Waals surface area contributed by atoms with E-state index in [2.05, 4.69) is 12.1 Å². The molecule has 0 bridgehead atoms. The minimum Gasteiger partial charge on any atom is -0.274 e. The molecular weight excluding hydrogens is 326 g/mol. The molecule has 0 saturated carbocycles. The van der Waals surface area contributed by atoms with E-state index < -0.39 is 0 Å². The normalized spacial score (nSPS) is 11.0. The van der Waals surface area contributed by atoms with E-state index in [4.69, 9.17) is 9.94 Å². The summed E-state index contributed by atoms with van der Waals surface area (Å²) in [6, 6.07) is 20.1. The molecule has 1 amide bonds. The molecule has 0 radical (unpaired) electrons. The van der Waals surface area contributed by atoms with Crippen LogP contribution in [-0.4, -0.2) is 34.9 Å². The van der Waals surface area contributed by atoms with Crippen LogP contribution in [-0.2, 0) is 16.2 Å². The lowest BCUT2D eigenvalue weighted by Crippen LogP contribution is -2.22. The predicted molar refractivity (Wildman–Crippen MR) is 102 cm³/mol. The van der Waals surface area contributed by atoms with Gasteiger partial charge in [-0.2, -0.15) is 5.10 Å². The number of carbonyl (C=O) groups excluding carboxylic acids is 1. The third-order valence-electron chi connectivity index (χ3n) is 4.01. The largest absolute Gasteiger partial charge is 0.274 e. The highest BCUT2D eigenvalue weighted by Crippen LogP contribution is 2.23. The SMILES string of the molecule is CON(C)C(=O)C=Cc1cn(Cc2ccccc2)nc1-c1ccccc1. The Morgan fingerprint density at radius 2 is 1.77 bits per heavy atom. The molecule has 3 rings (SSSR count). The van der Waals surface area contributed by atoms with Crippen LogP contribution in [0.25, 0.3) is 17.3 Å². The van der Waals surface area contributed by atoms with E-state index >= 15 is 0 Å². The first-order valence-electron chi connectivity index (χ1n) is 8.34. The Bertz CT molecular complexity index is 886. The van der Waals surface area contributed by atoms with Gasteiger partial charge in [0.1, 0.15) is 0 Å². The van der Waals surface area contributed by atoms with Crippen molar-refractivity contribution in [2.45, 2.75) is 6.54 Å². The first kappa shape index (κ1) is 17.6. The molecule has 0 aliphatic rings. The highest BCUT2D eigenvalue weighted by atomic mass is 16.7. The fourth-order valence-corrected chi connectivity index (χ4v) is 2.59. The van der Waals surface area contributed by atoms with Crippen LogP contribution in [0.5, 0.6) is 0 Å². The zero-order chi connectivity index (χ0) is 18.4. The summed E-state index contributed by atoms with van der Waals surface area (Å²) in [6.07, 6.45) is 5.21. The Morgan fingerprint density at radius 3 is 2.42 bits per heavy atom. The molecule has 0 fully saturated rings. The molecule has 0 atom stereocenters. The molecule has 0 aliphatic heterocycles. The van der Waals surface area contributed by atoms with Crippen LogP contribution in [0.1, 0.15) is 11.1 Å². The van der Waals surface area contributed by atoms with Crippen LogP contribution >= 0.6 is 0 Å². The average Bonchev–Trinajstić information content (AvgIpc) is 3.09. The number of carbonyl (C=O) groups is 1. The number of aromatic nitrogens is 2. The van der Waals surface area contributed by atoms with Gasteiger partial charge in [0.15, 0.2) is 0 Å². The van der Waals surface area contributed by atoms with Crippen LogP contribution in [0.3, 0.4) is 0 Å². The second kappa shape index (κ2) is 8.27. The maximum atomic E-state index is 12.0. The number of benzene rings is 2. The van der Waals surface area contributed by atoms with Crippen molar-refractivity contribution in [1.82, 2.24) is 14.8 Å². The molecule has 0 spiro atoms. The van der Waals surface area contributed by atoms with Gasteiger partial charge in [-0.15, -0.1) is 0 Å². The van der Waals surface area contributed by atoms with Gasteiger partial charge in [-0.05, 0) is 11.6 Å². The fourth-order valence-electron chi connectivity index (χ4n) is 2.59. The summed E-state index contributed by atoms with van der Waals surface area (Å²) in [5.74, 6) is -0.234. The van der Waals surface area contributed by atoms with Crippen molar-refractivity contribution in [1.29, 1.82) is 0 Å². The second-order valence-corrected chi connectivity index (χ2v) is 5.83. The van der Waals surface area contributed by atoms with Gasteiger partial charge in [-0.25, -0.2) is 5.06 Å². The van der Waals surface area contributed by atoms with Gasteiger partial charge in [-0.1, -0.05) is 60.7 Å². The molecule has 0 aliphatic carbocycles. The van der Waals surface area contributed by atoms with Crippen LogP contribution in [0.2, 0.25) is 0 Å². The van der Waals surface area contributed by atoms with Crippen molar-refractivity contribution < 1.29 is 9.63 Å². The van der Waals surface area contributed by atoms with Crippen molar-refractivity contribution in [3.8, 4) is 11.3 Å². The molecular formula is C21H21N3O2. The van der Waals surface area contributed by atoms with Crippen molar-refractivity contribution >= 4 is 12.0 Å². The molecule has 0 N–H and O–H groups in total. The van der Waals surface area contributed by atoms with E-state index in [0.29, 0.717) is 6.54 Å². The zero-order valence-corrected chi connectivity index (χ0v) is 14.9. The van der Waals surface area contributed by atoms with E-state index in [1.165, 1.54) is 23.8 Å². The molecule has 1 heterocycles. The molecule has 2 aromatic carbocycles. The van der Waals surface area contributed by atoms with Gasteiger partial charge >= 0.3 is 0 Å². The minimum atomic E-state index is -0.234. The molecule has 5 heteroatoms. The summed E-state index contributed by atoms with van der Waals surface area (Å²) in [5, 5.41) is 5.90. The van der Waals surface area contributed by atoms with Crippen molar-refractivity contribution in [2.75, 3.05) is 14.2 Å². The standard InChI is InChI=1S/C21H21N3O2/c1-23(26-2)20(25)14-13-19-16-24(15-17-9-5-3-6-10-17)22-21(19)18-11-7-4-8-12-18/h3-14,16H,15H2,1-2H3. The number of hydrogen-bond acceptors (Lipinski definition) is 3. The lowest BCUT2D eigenvalue weighted by Gasteiger charge is -2.09. The number of amides is 1. The fraction of sp³-hybridized carbons (Fsp3) is 0.143. The van der Waals surface area contributed by atoms with Crippen LogP contribution < -0.4 is 0 Å². The maximum absolute atomic E-state index is 12.0. The Hall–Kier alpha value is -3.18. The van der Waals surface area contributed by atoms with Gasteiger partial charge in [0.25, 0.3) is 5.91 Å². The molecule has 0 saturated heterocycles. The third kappa shape index (κ3) is 4.26. The zero-order valence-electron chi connectivity index (χ0n) is 14.9. The van der Waals surface area contributed by atoms with Crippen molar-refractivity contribution in [3.63, 3.8) is 0 Å². The Kier molecular flexibility index (Phi) is 5.61. The predicted octanol–water partition coefficient (Wildman–Crippen LogP) is 3.63. The maximum Gasteiger partial charge on any atom is 0.269 e. The highest BCUT2D eigenvalue weighted by Gasteiger charge is 2.11. The van der Waals surface area contributed by atoms with E-state index in [-0.39, 0.29) is 5.91 Å².